The molecule has 0 aromatic heterocycles. The highest BCUT2D eigenvalue weighted by Gasteiger charge is 2.10. The van der Waals surface area contributed by atoms with Crippen LogP contribution in [0.1, 0.15) is 65.6 Å². The van der Waals surface area contributed by atoms with Gasteiger partial charge in [0.1, 0.15) is 0 Å². The average Bonchev–Trinajstić information content (AvgIpc) is 2.80. The van der Waals surface area contributed by atoms with Crippen LogP contribution >= 0.6 is 0 Å². The van der Waals surface area contributed by atoms with E-state index in [0.717, 1.165) is 16.7 Å². The van der Waals surface area contributed by atoms with Crippen LogP contribution in [-0.2, 0) is 0 Å². The molecule has 3 rings (SSSR count). The van der Waals surface area contributed by atoms with Crippen molar-refractivity contribution in [3.05, 3.63) is 106 Å². The third-order valence-corrected chi connectivity index (χ3v) is 5.89. The largest absolute Gasteiger partial charge is 0.308 e. The molecule has 0 saturated heterocycles. The van der Waals surface area contributed by atoms with Gasteiger partial charge in [-0.3, -0.25) is 0 Å². The summed E-state index contributed by atoms with van der Waals surface area (Å²) in [5.41, 5.74) is 11.7. The van der Waals surface area contributed by atoms with E-state index in [0.29, 0.717) is 0 Å². The number of allylic oxidation sites excluding steroid dienone is 2. The molecule has 0 unspecified atom stereocenters. The minimum absolute atomic E-state index is 0.927. The van der Waals surface area contributed by atoms with Gasteiger partial charge in [-0.15, -0.1) is 0 Å². The van der Waals surface area contributed by atoms with Crippen molar-refractivity contribution in [2.45, 2.75) is 54.4 Å². The van der Waals surface area contributed by atoms with E-state index < -0.39 is 0 Å². The number of unbranched alkanes of at least 4 members (excludes halogenated alkanes) is 1. The smallest absolute Gasteiger partial charge is 0.0250 e. The number of hydrogen-bond acceptors (Lipinski definition) is 1. The Kier molecular flexibility index (Phi) is 9.40. The van der Waals surface area contributed by atoms with Crippen LogP contribution in [0.15, 0.2) is 67.3 Å². The molecule has 0 aliphatic rings. The molecule has 3 aromatic rings. The average molecular weight is 424 g/mol. The monoisotopic (exact) mass is 423 g/mol. The van der Waals surface area contributed by atoms with Gasteiger partial charge in [0.25, 0.3) is 0 Å². The lowest BCUT2D eigenvalue weighted by Gasteiger charge is -2.14. The van der Waals surface area contributed by atoms with Crippen molar-refractivity contribution in [3.8, 4) is 11.1 Å². The molecule has 3 aromatic carbocycles. The fourth-order valence-electron chi connectivity index (χ4n) is 3.51. The SMILES string of the molecule is C=C(/C=C/c1ccc(C)c(C)c1)c1cccc(-c2ccc(C=N)cc2C)c1C.CCCC. The summed E-state index contributed by atoms with van der Waals surface area (Å²) in [6.45, 7) is 17.2. The van der Waals surface area contributed by atoms with Gasteiger partial charge in [-0.25, -0.2) is 0 Å². The topological polar surface area (TPSA) is 23.9 Å². The van der Waals surface area contributed by atoms with E-state index in [4.69, 9.17) is 5.41 Å². The van der Waals surface area contributed by atoms with Gasteiger partial charge in [-0.05, 0) is 89.4 Å². The first-order valence-electron chi connectivity index (χ1n) is 11.5. The standard InChI is InChI=1S/C27H27N.C4H10/c1-18-9-11-23(15-20(18)3)12-10-19(2)25-7-6-8-27(22(25)5)26-14-13-24(17-28)16-21(26)4;1-3-4-2/h6-17,28H,2H2,1,3-5H3;3-4H2,1-2H3/b12-10+,28-17?;. The molecule has 0 saturated carbocycles. The van der Waals surface area contributed by atoms with Gasteiger partial charge in [0, 0.05) is 6.21 Å². The Bertz CT molecular complexity index is 1110. The molecule has 0 aliphatic heterocycles. The van der Waals surface area contributed by atoms with E-state index in [1.807, 2.05) is 6.07 Å². The van der Waals surface area contributed by atoms with E-state index in [2.05, 4.69) is 109 Å². The number of nitrogens with one attached hydrogen (secondary N) is 1. The van der Waals surface area contributed by atoms with Crippen molar-refractivity contribution in [1.29, 1.82) is 5.41 Å². The van der Waals surface area contributed by atoms with Crippen LogP contribution < -0.4 is 0 Å². The first-order valence-corrected chi connectivity index (χ1v) is 11.5. The Morgan fingerprint density at radius 1 is 0.781 bits per heavy atom. The predicted molar refractivity (Wildman–Crippen MR) is 144 cm³/mol. The van der Waals surface area contributed by atoms with Crippen LogP contribution in [0, 0.1) is 33.1 Å². The Balaban J connectivity index is 0.000000837. The highest BCUT2D eigenvalue weighted by molar-refractivity contribution is 5.85. The van der Waals surface area contributed by atoms with Crippen molar-refractivity contribution < 1.29 is 0 Å². The lowest BCUT2D eigenvalue weighted by Crippen LogP contribution is -1.93. The molecule has 1 heteroatoms. The van der Waals surface area contributed by atoms with Gasteiger partial charge in [0.15, 0.2) is 0 Å². The summed E-state index contributed by atoms with van der Waals surface area (Å²) < 4.78 is 0. The summed E-state index contributed by atoms with van der Waals surface area (Å²) in [6.07, 6.45) is 8.26. The molecular formula is C31H37N. The van der Waals surface area contributed by atoms with Crippen LogP contribution in [0.25, 0.3) is 22.8 Å². The van der Waals surface area contributed by atoms with Crippen molar-refractivity contribution in [1.82, 2.24) is 0 Å². The van der Waals surface area contributed by atoms with Crippen LogP contribution in [0.3, 0.4) is 0 Å². The third kappa shape index (κ3) is 6.40. The van der Waals surface area contributed by atoms with E-state index in [9.17, 15) is 0 Å². The van der Waals surface area contributed by atoms with E-state index in [1.54, 1.807) is 0 Å². The molecule has 0 spiro atoms. The fourth-order valence-corrected chi connectivity index (χ4v) is 3.51. The van der Waals surface area contributed by atoms with E-state index in [1.165, 1.54) is 58.0 Å². The molecule has 0 fully saturated rings. The zero-order valence-electron chi connectivity index (χ0n) is 20.5. The number of hydrogen-bond donors (Lipinski definition) is 1. The maximum absolute atomic E-state index is 7.45. The van der Waals surface area contributed by atoms with Crippen LogP contribution in [0.4, 0.5) is 0 Å². The van der Waals surface area contributed by atoms with Crippen molar-refractivity contribution in [2.75, 3.05) is 0 Å². The highest BCUT2D eigenvalue weighted by Crippen LogP contribution is 2.32. The lowest BCUT2D eigenvalue weighted by atomic mass is 9.90. The predicted octanol–water partition coefficient (Wildman–Crippen LogP) is 9.12. The summed E-state index contributed by atoms with van der Waals surface area (Å²) in [7, 11) is 0. The third-order valence-electron chi connectivity index (χ3n) is 5.89. The Hall–Kier alpha value is -3.19. The molecule has 166 valence electrons. The first kappa shape index (κ1) is 25.1. The zero-order chi connectivity index (χ0) is 23.7. The van der Waals surface area contributed by atoms with Crippen molar-refractivity contribution in [2.24, 2.45) is 0 Å². The van der Waals surface area contributed by atoms with Crippen LogP contribution in [0.5, 0.6) is 0 Å². The van der Waals surface area contributed by atoms with Gasteiger partial charge in [-0.2, -0.15) is 0 Å². The molecule has 0 atom stereocenters. The van der Waals surface area contributed by atoms with Crippen molar-refractivity contribution >= 4 is 17.9 Å². The fraction of sp³-hybridized carbons (Fsp3) is 0.258. The summed E-state index contributed by atoms with van der Waals surface area (Å²) in [4.78, 5) is 0. The number of benzene rings is 3. The van der Waals surface area contributed by atoms with Crippen LogP contribution in [0.2, 0.25) is 0 Å². The van der Waals surface area contributed by atoms with E-state index in [-0.39, 0.29) is 0 Å². The quantitative estimate of drug-likeness (QED) is 0.302. The van der Waals surface area contributed by atoms with Gasteiger partial charge >= 0.3 is 0 Å². The number of aryl methyl sites for hydroxylation is 3. The summed E-state index contributed by atoms with van der Waals surface area (Å²) in [6, 6.07) is 19.0. The summed E-state index contributed by atoms with van der Waals surface area (Å²) in [5, 5.41) is 7.45. The van der Waals surface area contributed by atoms with Gasteiger partial charge < -0.3 is 5.41 Å². The second-order valence-electron chi connectivity index (χ2n) is 8.40. The van der Waals surface area contributed by atoms with Gasteiger partial charge in [-0.1, -0.05) is 94.0 Å². The maximum Gasteiger partial charge on any atom is 0.0250 e. The second-order valence-corrected chi connectivity index (χ2v) is 8.40. The Labute approximate surface area is 195 Å². The molecule has 0 bridgehead atoms. The molecule has 32 heavy (non-hydrogen) atoms. The molecule has 0 amide bonds. The molecule has 1 nitrogen and oxygen atoms in total. The van der Waals surface area contributed by atoms with Crippen molar-refractivity contribution in [3.63, 3.8) is 0 Å². The molecular weight excluding hydrogens is 386 g/mol. The molecule has 1 N–H and O–H groups in total. The highest BCUT2D eigenvalue weighted by atomic mass is 14.3. The normalized spacial score (nSPS) is 10.6. The second kappa shape index (κ2) is 12.0. The lowest BCUT2D eigenvalue weighted by molar-refractivity contribution is 0.886. The molecule has 0 heterocycles. The molecule has 0 aliphatic carbocycles. The van der Waals surface area contributed by atoms with Crippen LogP contribution in [-0.4, -0.2) is 6.21 Å². The first-order chi connectivity index (χ1) is 15.3. The summed E-state index contributed by atoms with van der Waals surface area (Å²) in [5.74, 6) is 0. The molecule has 0 radical (unpaired) electrons. The Morgan fingerprint density at radius 3 is 2.03 bits per heavy atom. The zero-order valence-corrected chi connectivity index (χ0v) is 20.5. The van der Waals surface area contributed by atoms with E-state index >= 15 is 0 Å². The minimum atomic E-state index is 0.927. The minimum Gasteiger partial charge on any atom is -0.308 e. The Morgan fingerprint density at radius 2 is 1.44 bits per heavy atom. The van der Waals surface area contributed by atoms with Gasteiger partial charge in [0.2, 0.25) is 0 Å². The van der Waals surface area contributed by atoms with Gasteiger partial charge in [0.05, 0.1) is 0 Å². The maximum atomic E-state index is 7.45. The summed E-state index contributed by atoms with van der Waals surface area (Å²) >= 11 is 0. The number of rotatable bonds is 6.